The summed E-state index contributed by atoms with van der Waals surface area (Å²) in [7, 11) is -19.5. The second-order valence-electron chi connectivity index (χ2n) is 7.83. The third kappa shape index (κ3) is 6.05. The molecule has 21 heteroatoms. The van der Waals surface area contributed by atoms with E-state index in [1.165, 1.54) is 13.0 Å². The van der Waals surface area contributed by atoms with Gasteiger partial charge in [0.15, 0.2) is 7.60 Å². The molecule has 1 aromatic carbocycles. The van der Waals surface area contributed by atoms with Gasteiger partial charge in [0.1, 0.15) is 6.23 Å². The second kappa shape index (κ2) is 10.9. The smallest absolute Gasteiger partial charge is 0.369 e. The van der Waals surface area contributed by atoms with E-state index >= 15 is 0 Å². The molecule has 1 saturated heterocycles. The van der Waals surface area contributed by atoms with E-state index in [2.05, 4.69) is 18.9 Å². The summed E-state index contributed by atoms with van der Waals surface area (Å²) in [6.45, 7) is 0.0359. The molecule has 0 aliphatic carbocycles. The molecule has 3 rings (SSSR count). The van der Waals surface area contributed by atoms with E-state index in [0.29, 0.717) is 0 Å². The van der Waals surface area contributed by atoms with Crippen LogP contribution in [0.2, 0.25) is 0 Å². The van der Waals surface area contributed by atoms with Gasteiger partial charge in [-0.2, -0.15) is 8.78 Å². The highest BCUT2D eigenvalue weighted by Gasteiger charge is 2.55. The van der Waals surface area contributed by atoms with Gasteiger partial charge in [-0.25, -0.2) is 4.79 Å². The molecule has 0 radical (unpaired) electrons. The largest absolute Gasteiger partial charge is 0.775 e. The SMILES string of the molecule is Cc1cn([C@H]2C[C@@H](N=[N+]=[N-])[C@@H](COP(=O)([O-])C(F)(F)P(=O)([O-])OP(=O)([O-])c3ccccc3)O2)c(=O)[nH]c1=O. The molecule has 208 valence electrons. The van der Waals surface area contributed by atoms with Crippen molar-refractivity contribution in [3.63, 3.8) is 0 Å². The average Bonchev–Trinajstić information content (AvgIpc) is 3.22. The minimum Gasteiger partial charge on any atom is -0.775 e. The first kappa shape index (κ1) is 30.1. The van der Waals surface area contributed by atoms with Crippen LogP contribution in [-0.2, 0) is 27.3 Å². The number of halogens is 2. The summed E-state index contributed by atoms with van der Waals surface area (Å²) in [5, 5.41) is -3.34. The highest BCUT2D eigenvalue weighted by molar-refractivity contribution is 7.76. The van der Waals surface area contributed by atoms with Gasteiger partial charge in [-0.1, -0.05) is 35.4 Å². The van der Waals surface area contributed by atoms with E-state index in [4.69, 9.17) is 10.3 Å². The third-order valence-electron chi connectivity index (χ3n) is 5.22. The van der Waals surface area contributed by atoms with Crippen molar-refractivity contribution in [1.29, 1.82) is 0 Å². The first-order chi connectivity index (χ1) is 17.5. The van der Waals surface area contributed by atoms with E-state index in [9.17, 15) is 46.7 Å². The van der Waals surface area contributed by atoms with Crippen molar-refractivity contribution in [3.05, 3.63) is 73.4 Å². The van der Waals surface area contributed by atoms with Gasteiger partial charge in [0.25, 0.3) is 5.56 Å². The Bertz CT molecular complexity index is 1510. The quantitative estimate of drug-likeness (QED) is 0.169. The minimum atomic E-state index is -7.03. The molecule has 6 atom stereocenters. The lowest BCUT2D eigenvalue weighted by Crippen LogP contribution is -2.35. The van der Waals surface area contributed by atoms with Crippen molar-refractivity contribution >= 4 is 28.1 Å². The van der Waals surface area contributed by atoms with Crippen molar-refractivity contribution < 1.29 is 50.7 Å². The number of aromatic amines is 1. The second-order valence-corrected chi connectivity index (χ2v) is 13.7. The molecule has 1 aromatic heterocycles. The number of hydrogen-bond acceptors (Lipinski definition) is 12. The van der Waals surface area contributed by atoms with Crippen LogP contribution in [-0.4, -0.2) is 33.7 Å². The van der Waals surface area contributed by atoms with Crippen molar-refractivity contribution in [2.75, 3.05) is 6.61 Å². The summed E-state index contributed by atoms with van der Waals surface area (Å²) >= 11 is 0. The van der Waals surface area contributed by atoms with E-state index in [1.54, 1.807) is 0 Å². The molecule has 3 unspecified atom stereocenters. The maximum atomic E-state index is 14.6. The number of H-pyrrole nitrogens is 1. The summed E-state index contributed by atoms with van der Waals surface area (Å²) < 4.78 is 79.5. The van der Waals surface area contributed by atoms with Crippen molar-refractivity contribution in [1.82, 2.24) is 9.55 Å². The molecule has 1 fully saturated rings. The normalized spacial score (nSPS) is 24.5. The average molecular weight is 598 g/mol. The summed E-state index contributed by atoms with van der Waals surface area (Å²) in [6, 6.07) is 3.98. The van der Waals surface area contributed by atoms with Crippen molar-refractivity contribution in [2.24, 2.45) is 5.11 Å². The van der Waals surface area contributed by atoms with Crippen LogP contribution in [0.1, 0.15) is 18.2 Å². The lowest BCUT2D eigenvalue weighted by molar-refractivity contribution is -0.239. The molecule has 1 N–H and O–H groups in total. The number of benzene rings is 1. The van der Waals surface area contributed by atoms with Gasteiger partial charge in [-0.15, -0.1) is 0 Å². The van der Waals surface area contributed by atoms with Gasteiger partial charge in [-0.3, -0.25) is 18.7 Å². The zero-order chi connectivity index (χ0) is 28.5. The lowest BCUT2D eigenvalue weighted by atomic mass is 10.1. The van der Waals surface area contributed by atoms with Gasteiger partial charge >= 0.3 is 11.1 Å². The molecule has 0 spiro atoms. The zero-order valence-corrected chi connectivity index (χ0v) is 21.7. The van der Waals surface area contributed by atoms with Crippen LogP contribution in [0.4, 0.5) is 8.78 Å². The fourth-order valence-electron chi connectivity index (χ4n) is 3.27. The van der Waals surface area contributed by atoms with Gasteiger partial charge in [0.05, 0.1) is 18.8 Å². The number of ether oxygens (including phenoxy) is 1. The molecular weight excluding hydrogens is 581 g/mol. The Hall–Kier alpha value is -2.48. The number of alkyl halides is 2. The number of nitrogens with zero attached hydrogens (tertiary/aromatic N) is 4. The molecular formula is C17H17F2N5O11P3-3. The van der Waals surface area contributed by atoms with E-state index in [1.807, 2.05) is 4.98 Å². The topological polar surface area (TPSA) is 252 Å². The number of rotatable bonds is 10. The summed E-state index contributed by atoms with van der Waals surface area (Å²) in [6.07, 6.45) is -2.05. The van der Waals surface area contributed by atoms with Crippen LogP contribution in [0.15, 0.2) is 51.2 Å². The predicted octanol–water partition coefficient (Wildman–Crippen LogP) is 0.381. The Labute approximate surface area is 211 Å². The van der Waals surface area contributed by atoms with Crippen LogP contribution in [0.3, 0.4) is 0 Å². The van der Waals surface area contributed by atoms with Crippen LogP contribution in [0.5, 0.6) is 0 Å². The van der Waals surface area contributed by atoms with Crippen LogP contribution in [0, 0.1) is 6.92 Å². The highest BCUT2D eigenvalue weighted by atomic mass is 31.3. The Morgan fingerprint density at radius 3 is 2.45 bits per heavy atom. The monoisotopic (exact) mass is 598 g/mol. The van der Waals surface area contributed by atoms with Gasteiger partial charge in [0.2, 0.25) is 15.2 Å². The fourth-order valence-corrected chi connectivity index (χ4v) is 7.91. The van der Waals surface area contributed by atoms with Crippen molar-refractivity contribution in [2.45, 2.75) is 37.1 Å². The number of aromatic nitrogens is 2. The van der Waals surface area contributed by atoms with E-state index in [0.717, 1.165) is 35.0 Å². The summed E-state index contributed by atoms with van der Waals surface area (Å²) in [5.74, 6) is 0. The summed E-state index contributed by atoms with van der Waals surface area (Å²) in [4.78, 5) is 64.5. The van der Waals surface area contributed by atoms with Gasteiger partial charge < -0.3 is 37.6 Å². The fraction of sp³-hybridized carbons (Fsp3) is 0.412. The Balaban J connectivity index is 1.80. The molecule has 2 heterocycles. The molecule has 1 aliphatic heterocycles. The van der Waals surface area contributed by atoms with E-state index < -0.39 is 69.7 Å². The third-order valence-corrected chi connectivity index (χ3v) is 11.1. The standard InChI is InChI=1S/C17H20F2N5O11P3/c1-10-8-24(16(26)21-15(10)25)14-7-12(22-23-20)13(34-14)9-33-37(29,30)17(18,19)38(31,32)35-36(27,28)11-5-3-2-4-6-11/h2-6,8,12-14H,7,9H2,1H3,(H,27,28)(H,29,30)(H,31,32)(H,21,25,26)/p-3/t12-,13-,14-/m1/s1. The molecule has 38 heavy (non-hydrogen) atoms. The van der Waals surface area contributed by atoms with Crippen molar-refractivity contribution in [3.8, 4) is 0 Å². The predicted molar refractivity (Wildman–Crippen MR) is 118 cm³/mol. The number of azide groups is 1. The van der Waals surface area contributed by atoms with Gasteiger partial charge in [0, 0.05) is 28.4 Å². The molecule has 0 bridgehead atoms. The minimum absolute atomic E-state index is 0.0781. The molecule has 2 aromatic rings. The number of hydrogen-bond donors (Lipinski definition) is 1. The first-order valence-corrected chi connectivity index (χ1v) is 14.9. The maximum Gasteiger partial charge on any atom is 0.369 e. The van der Waals surface area contributed by atoms with Crippen LogP contribution in [0.25, 0.3) is 10.4 Å². The first-order valence-electron chi connectivity index (χ1n) is 10.3. The molecule has 16 nitrogen and oxygen atoms in total. The lowest BCUT2D eigenvalue weighted by Gasteiger charge is -2.41. The van der Waals surface area contributed by atoms with E-state index in [-0.39, 0.29) is 12.0 Å². The Kier molecular flexibility index (Phi) is 8.66. The molecule has 0 amide bonds. The molecule has 0 saturated carbocycles. The zero-order valence-electron chi connectivity index (χ0n) is 19.0. The van der Waals surface area contributed by atoms with Crippen LogP contribution >= 0.6 is 22.8 Å². The highest BCUT2D eigenvalue weighted by Crippen LogP contribution is 2.74. The number of nitrogens with one attached hydrogen (secondary N) is 1. The van der Waals surface area contributed by atoms with Gasteiger partial charge in [-0.05, 0) is 12.5 Å². The summed E-state index contributed by atoms with van der Waals surface area (Å²) in [5.41, 5.74) is 7.19. The van der Waals surface area contributed by atoms with Crippen LogP contribution < -0.4 is 31.2 Å². The Morgan fingerprint density at radius 2 is 1.84 bits per heavy atom. The number of aryl methyl sites for hydroxylation is 1. The Morgan fingerprint density at radius 1 is 1.21 bits per heavy atom. The molecule has 1 aliphatic rings. The maximum absolute atomic E-state index is 14.6.